The lowest BCUT2D eigenvalue weighted by Crippen LogP contribution is -2.20. The van der Waals surface area contributed by atoms with Crippen molar-refractivity contribution in [3.63, 3.8) is 0 Å². The molecule has 0 aliphatic rings. The van der Waals surface area contributed by atoms with E-state index in [9.17, 15) is 50.5 Å². The first-order valence-electron chi connectivity index (χ1n) is 17.6. The second-order valence-electron chi connectivity index (χ2n) is 12.7. The SMILES string of the molecule is C[C@H](O)CNc1nc(F)cc(F)c1C(=O)c1ccccc1Cl.C[C@H](O)CNc1nc(Oc2ccc(F)cc2F)cc(F)c1C(=O)c1ccccc1Cl.Oc1ccc(F)cc1F. The highest BCUT2D eigenvalue weighted by molar-refractivity contribution is 6.35. The number of aromatic hydroxyl groups is 1. The van der Waals surface area contributed by atoms with Gasteiger partial charge in [-0.05, 0) is 62.4 Å². The lowest BCUT2D eigenvalue weighted by molar-refractivity contribution is 0.102. The van der Waals surface area contributed by atoms with Crippen molar-refractivity contribution in [2.45, 2.75) is 26.1 Å². The fourth-order valence-electron chi connectivity index (χ4n) is 4.92. The van der Waals surface area contributed by atoms with Gasteiger partial charge in [0.1, 0.15) is 46.0 Å². The van der Waals surface area contributed by atoms with Crippen LogP contribution in [0, 0.1) is 40.9 Å². The second kappa shape index (κ2) is 21.8. The van der Waals surface area contributed by atoms with Crippen molar-refractivity contribution in [2.24, 2.45) is 0 Å². The maximum atomic E-state index is 14.9. The van der Waals surface area contributed by atoms with E-state index in [4.69, 9.17) is 33.0 Å². The van der Waals surface area contributed by atoms with E-state index in [-0.39, 0.29) is 57.5 Å². The number of carbonyl (C=O) groups is 2. The van der Waals surface area contributed by atoms with Crippen LogP contribution in [0.3, 0.4) is 0 Å². The summed E-state index contributed by atoms with van der Waals surface area (Å²) in [5, 5.41) is 32.8. The van der Waals surface area contributed by atoms with E-state index in [1.165, 1.54) is 38.1 Å². The van der Waals surface area contributed by atoms with Gasteiger partial charge < -0.3 is 30.7 Å². The first-order chi connectivity index (χ1) is 28.9. The summed E-state index contributed by atoms with van der Waals surface area (Å²) in [6, 6.07) is 18.7. The van der Waals surface area contributed by atoms with Crippen LogP contribution in [-0.2, 0) is 0 Å². The number of nitrogens with zero attached hydrogens (tertiary/aromatic N) is 2. The summed E-state index contributed by atoms with van der Waals surface area (Å²) in [6.45, 7) is 2.90. The van der Waals surface area contributed by atoms with Crippen LogP contribution in [0.2, 0.25) is 10.0 Å². The van der Waals surface area contributed by atoms with Crippen LogP contribution in [0.5, 0.6) is 17.4 Å². The third-order valence-corrected chi connectivity index (χ3v) is 8.39. The summed E-state index contributed by atoms with van der Waals surface area (Å²) < 4.78 is 98.5. The number of aliphatic hydroxyl groups excluding tert-OH is 2. The Morgan fingerprint density at radius 2 is 1.08 bits per heavy atom. The summed E-state index contributed by atoms with van der Waals surface area (Å²) >= 11 is 12.0. The fourth-order valence-corrected chi connectivity index (χ4v) is 5.36. The number of aliphatic hydroxyl groups is 2. The number of hydrogen-bond donors (Lipinski definition) is 5. The summed E-state index contributed by atoms with van der Waals surface area (Å²) in [4.78, 5) is 32.9. The number of ether oxygens (including phenoxy) is 1. The highest BCUT2D eigenvalue weighted by atomic mass is 35.5. The molecule has 0 fully saturated rings. The normalized spacial score (nSPS) is 11.6. The molecule has 0 amide bonds. The van der Waals surface area contributed by atoms with Gasteiger partial charge in [-0.2, -0.15) is 9.37 Å². The highest BCUT2D eigenvalue weighted by Gasteiger charge is 2.25. The van der Waals surface area contributed by atoms with Gasteiger partial charge in [-0.15, -0.1) is 0 Å². The minimum absolute atomic E-state index is 0.0152. The van der Waals surface area contributed by atoms with E-state index in [1.807, 2.05) is 0 Å². The molecular weight excluding hydrogens is 860 g/mol. The number of anilines is 2. The molecule has 0 bridgehead atoms. The van der Waals surface area contributed by atoms with Gasteiger partial charge in [0, 0.05) is 48.5 Å². The summed E-state index contributed by atoms with van der Waals surface area (Å²) in [5.41, 5.74) is -0.708. The topological polar surface area (TPSA) is 154 Å². The number of nitrogens with one attached hydrogen (secondary N) is 2. The first kappa shape index (κ1) is 47.4. The number of phenols is 1. The molecule has 61 heavy (non-hydrogen) atoms. The van der Waals surface area contributed by atoms with Gasteiger partial charge in [0.05, 0.1) is 22.3 Å². The number of aromatic nitrogens is 2. The van der Waals surface area contributed by atoms with Gasteiger partial charge >= 0.3 is 0 Å². The fraction of sp³-hybridized carbons (Fsp3) is 0.143. The predicted octanol–water partition coefficient (Wildman–Crippen LogP) is 9.68. The highest BCUT2D eigenvalue weighted by Crippen LogP contribution is 2.31. The van der Waals surface area contributed by atoms with E-state index >= 15 is 0 Å². The number of benzene rings is 4. The van der Waals surface area contributed by atoms with Crippen LogP contribution in [0.25, 0.3) is 0 Å². The van der Waals surface area contributed by atoms with Crippen LogP contribution < -0.4 is 15.4 Å². The van der Waals surface area contributed by atoms with Crippen molar-refractivity contribution >= 4 is 46.4 Å². The van der Waals surface area contributed by atoms with Gasteiger partial charge in [0.25, 0.3) is 0 Å². The molecule has 6 rings (SSSR count). The Morgan fingerprint density at radius 3 is 1.54 bits per heavy atom. The van der Waals surface area contributed by atoms with E-state index < -0.39 is 81.5 Å². The Balaban J connectivity index is 0.000000230. The Morgan fingerprint density at radius 1 is 0.623 bits per heavy atom. The van der Waals surface area contributed by atoms with Gasteiger partial charge in [0.2, 0.25) is 23.4 Å². The lowest BCUT2D eigenvalue weighted by atomic mass is 10.0. The molecule has 0 aliphatic heterocycles. The molecule has 10 nitrogen and oxygen atoms in total. The molecule has 4 aromatic carbocycles. The number of carbonyl (C=O) groups excluding carboxylic acids is 2. The van der Waals surface area contributed by atoms with Crippen molar-refractivity contribution < 1.29 is 60.4 Å². The van der Waals surface area contributed by atoms with Crippen LogP contribution in [-0.4, -0.2) is 62.2 Å². The smallest absolute Gasteiger partial charge is 0.224 e. The minimum Gasteiger partial charge on any atom is -0.505 e. The average Bonchev–Trinajstić information content (AvgIpc) is 3.19. The number of pyridine rings is 2. The van der Waals surface area contributed by atoms with E-state index in [1.54, 1.807) is 24.3 Å². The number of halogens is 9. The number of rotatable bonds is 12. The molecule has 0 unspecified atom stereocenters. The largest absolute Gasteiger partial charge is 0.505 e. The number of phenolic OH excluding ortho intramolecular Hbond substituents is 1. The lowest BCUT2D eigenvalue weighted by Gasteiger charge is -2.15. The zero-order valence-corrected chi connectivity index (χ0v) is 33.2. The quantitative estimate of drug-likeness (QED) is 0.0456. The Kier molecular flexibility index (Phi) is 17.0. The maximum absolute atomic E-state index is 14.9. The van der Waals surface area contributed by atoms with Crippen molar-refractivity contribution in [3.05, 3.63) is 170 Å². The number of hydrogen-bond acceptors (Lipinski definition) is 10. The molecule has 5 N–H and O–H groups in total. The first-order valence-corrected chi connectivity index (χ1v) is 18.4. The third kappa shape index (κ3) is 13.4. The summed E-state index contributed by atoms with van der Waals surface area (Å²) in [5.74, 6) is -9.80. The van der Waals surface area contributed by atoms with Crippen LogP contribution in [0.15, 0.2) is 97.1 Å². The molecule has 0 spiro atoms. The third-order valence-electron chi connectivity index (χ3n) is 7.73. The molecule has 2 heterocycles. The molecule has 0 saturated heterocycles. The monoisotopic (exact) mass is 892 g/mol. The minimum atomic E-state index is -1.07. The van der Waals surface area contributed by atoms with Gasteiger partial charge in [-0.3, -0.25) is 9.59 Å². The van der Waals surface area contributed by atoms with Crippen molar-refractivity contribution in [1.29, 1.82) is 0 Å². The molecular formula is C42H33Cl2F7N4O6. The second-order valence-corrected chi connectivity index (χ2v) is 13.5. The average molecular weight is 894 g/mol. The van der Waals surface area contributed by atoms with E-state index in [0.29, 0.717) is 18.2 Å². The molecule has 0 aliphatic carbocycles. The van der Waals surface area contributed by atoms with E-state index in [2.05, 4.69) is 20.6 Å². The zero-order valence-electron chi connectivity index (χ0n) is 31.7. The van der Waals surface area contributed by atoms with Crippen molar-refractivity contribution in [1.82, 2.24) is 9.97 Å². The maximum Gasteiger partial charge on any atom is 0.224 e. The molecule has 0 radical (unpaired) electrons. The summed E-state index contributed by atoms with van der Waals surface area (Å²) in [7, 11) is 0. The molecule has 2 atom stereocenters. The molecule has 0 saturated carbocycles. The zero-order chi connectivity index (χ0) is 45.0. The van der Waals surface area contributed by atoms with Gasteiger partial charge in [0.15, 0.2) is 23.1 Å². The standard InChI is InChI=1S/C21H16ClF3N2O3.C15H13ClF2N2O2.C6H4F2O/c1-11(28)10-26-21-19(20(29)13-4-2-3-5-14(13)22)16(25)9-18(27-21)30-17-7-6-12(23)8-15(17)24;1-8(21)7-19-15-13(11(17)6-12(18)20-15)14(22)9-4-2-3-5-10(9)16;7-4-1-2-6(9)5(8)3-4/h2-9,11,28H,10H2,1H3,(H,26,27);2-6,8,21H,7H2,1H3,(H,19,20);1-3,9H/t11-;8-;/m00./s1. The van der Waals surface area contributed by atoms with Crippen LogP contribution in [0.1, 0.15) is 45.7 Å². The Labute approximate surface area is 353 Å². The van der Waals surface area contributed by atoms with Crippen LogP contribution >= 0.6 is 23.2 Å². The number of ketones is 2. The molecule has 2 aromatic heterocycles. The summed E-state index contributed by atoms with van der Waals surface area (Å²) in [6.07, 6.45) is -1.62. The Hall–Kier alpha value is -6.27. The predicted molar refractivity (Wildman–Crippen MR) is 213 cm³/mol. The van der Waals surface area contributed by atoms with Gasteiger partial charge in [-0.25, -0.2) is 31.3 Å². The van der Waals surface area contributed by atoms with Gasteiger partial charge in [-0.1, -0.05) is 47.5 Å². The van der Waals surface area contributed by atoms with Crippen molar-refractivity contribution in [2.75, 3.05) is 23.7 Å². The Bertz CT molecular complexity index is 2520. The van der Waals surface area contributed by atoms with E-state index in [0.717, 1.165) is 30.3 Å². The molecule has 19 heteroatoms. The molecule has 6 aromatic rings. The molecule has 320 valence electrons. The van der Waals surface area contributed by atoms with Crippen molar-refractivity contribution in [3.8, 4) is 17.4 Å². The van der Waals surface area contributed by atoms with Crippen LogP contribution in [0.4, 0.5) is 42.4 Å².